The lowest BCUT2D eigenvalue weighted by molar-refractivity contribution is 0.625. The van der Waals surface area contributed by atoms with E-state index in [1.54, 1.807) is 12.3 Å². The fourth-order valence-electron chi connectivity index (χ4n) is 1.59. The van der Waals surface area contributed by atoms with Crippen LogP contribution >= 0.6 is 0 Å². The first-order valence-electron chi connectivity index (χ1n) is 4.91. The Kier molecular flexibility index (Phi) is 2.76. The number of benzene rings is 1. The van der Waals surface area contributed by atoms with Crippen LogP contribution in [0.5, 0.6) is 0 Å². The summed E-state index contributed by atoms with van der Waals surface area (Å²) in [6, 6.07) is 6.50. The van der Waals surface area contributed by atoms with Gasteiger partial charge >= 0.3 is 0 Å². The van der Waals surface area contributed by atoms with Crippen LogP contribution in [0.15, 0.2) is 30.5 Å². The van der Waals surface area contributed by atoms with E-state index in [9.17, 15) is 4.39 Å². The topological polar surface area (TPSA) is 57.9 Å². The van der Waals surface area contributed by atoms with Crippen LogP contribution < -0.4 is 10.6 Å². The maximum atomic E-state index is 13.0. The molecule has 0 aliphatic carbocycles. The minimum Gasteiger partial charge on any atom is -0.382 e. The average molecular weight is 220 g/mol. The second kappa shape index (κ2) is 4.22. The molecule has 1 heterocycles. The zero-order valence-corrected chi connectivity index (χ0v) is 8.94. The van der Waals surface area contributed by atoms with Gasteiger partial charge in [0, 0.05) is 13.6 Å². The number of anilines is 2. The maximum absolute atomic E-state index is 13.0. The predicted molar refractivity (Wildman–Crippen MR) is 61.5 cm³/mol. The van der Waals surface area contributed by atoms with E-state index < -0.39 is 0 Å². The molecular formula is C11H13FN4. The monoisotopic (exact) mass is 220 g/mol. The minimum atomic E-state index is -0.230. The number of aromatic amines is 1. The van der Waals surface area contributed by atoms with Crippen LogP contribution in [0.25, 0.3) is 0 Å². The second-order valence-electron chi connectivity index (χ2n) is 3.65. The Bertz CT molecular complexity index is 480. The first-order chi connectivity index (χ1) is 7.66. The molecule has 84 valence electrons. The minimum absolute atomic E-state index is 0.230. The summed E-state index contributed by atoms with van der Waals surface area (Å²) >= 11 is 0. The van der Waals surface area contributed by atoms with Crippen LogP contribution in [0.1, 0.15) is 5.56 Å². The van der Waals surface area contributed by atoms with Crippen molar-refractivity contribution in [2.24, 2.45) is 0 Å². The molecule has 0 aliphatic rings. The van der Waals surface area contributed by atoms with Crippen LogP contribution in [-0.2, 0) is 6.54 Å². The van der Waals surface area contributed by atoms with E-state index in [0.717, 1.165) is 11.3 Å². The number of nitrogens with one attached hydrogen (secondary N) is 1. The van der Waals surface area contributed by atoms with Crippen molar-refractivity contribution < 1.29 is 4.39 Å². The fourth-order valence-corrected chi connectivity index (χ4v) is 1.59. The summed E-state index contributed by atoms with van der Waals surface area (Å²) in [7, 11) is 1.88. The van der Waals surface area contributed by atoms with Gasteiger partial charge in [-0.3, -0.25) is 5.10 Å². The molecule has 2 rings (SSSR count). The number of nitrogen functional groups attached to an aromatic ring is 1. The number of nitrogens with zero attached hydrogens (tertiary/aromatic N) is 2. The van der Waals surface area contributed by atoms with E-state index in [0.29, 0.717) is 12.4 Å². The molecule has 0 atom stereocenters. The van der Waals surface area contributed by atoms with Crippen molar-refractivity contribution in [2.45, 2.75) is 6.54 Å². The summed E-state index contributed by atoms with van der Waals surface area (Å²) in [6.45, 7) is 0.585. The second-order valence-corrected chi connectivity index (χ2v) is 3.65. The van der Waals surface area contributed by atoms with E-state index in [1.807, 2.05) is 18.0 Å². The Hall–Kier alpha value is -2.04. The summed E-state index contributed by atoms with van der Waals surface area (Å²) in [5.41, 5.74) is 7.39. The van der Waals surface area contributed by atoms with E-state index in [2.05, 4.69) is 10.2 Å². The molecular weight excluding hydrogens is 207 g/mol. The van der Waals surface area contributed by atoms with Crippen molar-refractivity contribution in [3.05, 3.63) is 41.8 Å². The van der Waals surface area contributed by atoms with E-state index >= 15 is 0 Å². The van der Waals surface area contributed by atoms with Gasteiger partial charge in [0.2, 0.25) is 0 Å². The molecule has 0 saturated carbocycles. The van der Waals surface area contributed by atoms with Gasteiger partial charge in [-0.1, -0.05) is 12.1 Å². The van der Waals surface area contributed by atoms with Gasteiger partial charge in [0.15, 0.2) is 0 Å². The smallest absolute Gasteiger partial charge is 0.142 e. The molecule has 0 fully saturated rings. The quantitative estimate of drug-likeness (QED) is 0.828. The van der Waals surface area contributed by atoms with E-state index in [4.69, 9.17) is 5.73 Å². The molecule has 0 saturated heterocycles. The van der Waals surface area contributed by atoms with Crippen molar-refractivity contribution in [3.8, 4) is 0 Å². The lowest BCUT2D eigenvalue weighted by Crippen LogP contribution is -2.17. The molecule has 0 amide bonds. The molecule has 4 nitrogen and oxygen atoms in total. The van der Waals surface area contributed by atoms with Gasteiger partial charge in [0.25, 0.3) is 0 Å². The molecule has 16 heavy (non-hydrogen) atoms. The van der Waals surface area contributed by atoms with Crippen LogP contribution in [-0.4, -0.2) is 17.2 Å². The van der Waals surface area contributed by atoms with Crippen molar-refractivity contribution in [1.82, 2.24) is 10.2 Å². The molecule has 0 radical (unpaired) electrons. The number of H-pyrrole nitrogens is 1. The molecule has 0 unspecified atom stereocenters. The molecule has 5 heteroatoms. The summed E-state index contributed by atoms with van der Waals surface area (Å²) in [5.74, 6) is 0.282. The third kappa shape index (κ3) is 2.13. The molecule has 0 spiro atoms. The van der Waals surface area contributed by atoms with Gasteiger partial charge in [0.05, 0.1) is 11.9 Å². The SMILES string of the molecule is CN(Cc1cccc(F)c1)c1cn[nH]c1N. The van der Waals surface area contributed by atoms with Crippen LogP contribution in [0.2, 0.25) is 0 Å². The third-order valence-corrected chi connectivity index (χ3v) is 2.37. The molecule has 1 aromatic carbocycles. The first kappa shape index (κ1) is 10.5. The fraction of sp³-hybridized carbons (Fsp3) is 0.182. The Labute approximate surface area is 92.9 Å². The molecule has 1 aromatic heterocycles. The zero-order chi connectivity index (χ0) is 11.5. The molecule has 0 aliphatic heterocycles. The van der Waals surface area contributed by atoms with Crippen LogP contribution in [0.4, 0.5) is 15.9 Å². The Morgan fingerprint density at radius 2 is 2.31 bits per heavy atom. The summed E-state index contributed by atoms with van der Waals surface area (Å²) in [4.78, 5) is 1.91. The molecule has 3 N–H and O–H groups in total. The van der Waals surface area contributed by atoms with Crippen molar-refractivity contribution >= 4 is 11.5 Å². The maximum Gasteiger partial charge on any atom is 0.142 e. The summed E-state index contributed by atoms with van der Waals surface area (Å²) in [6.07, 6.45) is 1.65. The predicted octanol–water partition coefficient (Wildman–Crippen LogP) is 1.77. The van der Waals surface area contributed by atoms with Crippen LogP contribution in [0.3, 0.4) is 0 Å². The van der Waals surface area contributed by atoms with Gasteiger partial charge in [-0.05, 0) is 17.7 Å². The highest BCUT2D eigenvalue weighted by Crippen LogP contribution is 2.20. The number of halogens is 1. The van der Waals surface area contributed by atoms with Gasteiger partial charge in [0.1, 0.15) is 11.6 Å². The lowest BCUT2D eigenvalue weighted by atomic mass is 10.2. The summed E-state index contributed by atoms with van der Waals surface area (Å²) in [5, 5.41) is 6.49. The Morgan fingerprint density at radius 3 is 2.94 bits per heavy atom. The summed E-state index contributed by atoms with van der Waals surface area (Å²) < 4.78 is 13.0. The highest BCUT2D eigenvalue weighted by atomic mass is 19.1. The van der Waals surface area contributed by atoms with Gasteiger partial charge in [-0.25, -0.2) is 4.39 Å². The van der Waals surface area contributed by atoms with Gasteiger partial charge < -0.3 is 10.6 Å². The standard InChI is InChI=1S/C11H13FN4/c1-16(10-6-14-15-11(10)13)7-8-3-2-4-9(12)5-8/h2-6H,7H2,1H3,(H3,13,14,15). The van der Waals surface area contributed by atoms with Crippen molar-refractivity contribution in [2.75, 3.05) is 17.7 Å². The third-order valence-electron chi connectivity index (χ3n) is 2.37. The highest BCUT2D eigenvalue weighted by molar-refractivity contribution is 5.61. The largest absolute Gasteiger partial charge is 0.382 e. The number of nitrogens with two attached hydrogens (primary N) is 1. The number of hydrogen-bond acceptors (Lipinski definition) is 3. The van der Waals surface area contributed by atoms with Crippen LogP contribution in [0, 0.1) is 5.82 Å². The van der Waals surface area contributed by atoms with Crippen molar-refractivity contribution in [3.63, 3.8) is 0 Å². The number of aromatic nitrogens is 2. The van der Waals surface area contributed by atoms with E-state index in [-0.39, 0.29) is 5.82 Å². The first-order valence-corrected chi connectivity index (χ1v) is 4.91. The van der Waals surface area contributed by atoms with Gasteiger partial charge in [-0.2, -0.15) is 5.10 Å². The van der Waals surface area contributed by atoms with Gasteiger partial charge in [-0.15, -0.1) is 0 Å². The normalized spacial score (nSPS) is 10.4. The molecule has 2 aromatic rings. The Morgan fingerprint density at radius 1 is 1.50 bits per heavy atom. The molecule has 0 bridgehead atoms. The zero-order valence-electron chi connectivity index (χ0n) is 8.94. The Balaban J connectivity index is 2.14. The van der Waals surface area contributed by atoms with Crippen molar-refractivity contribution in [1.29, 1.82) is 0 Å². The highest BCUT2D eigenvalue weighted by Gasteiger charge is 2.07. The average Bonchev–Trinajstić information content (AvgIpc) is 2.64. The lowest BCUT2D eigenvalue weighted by Gasteiger charge is -2.17. The number of rotatable bonds is 3. The van der Waals surface area contributed by atoms with E-state index in [1.165, 1.54) is 12.1 Å². The number of hydrogen-bond donors (Lipinski definition) is 2.